The van der Waals surface area contributed by atoms with Gasteiger partial charge in [-0.3, -0.25) is 9.59 Å². The molecular formula is C10H16O4. The first-order chi connectivity index (χ1) is 6.38. The Kier molecular flexibility index (Phi) is 3.13. The van der Waals surface area contributed by atoms with Crippen LogP contribution in [0.2, 0.25) is 0 Å². The summed E-state index contributed by atoms with van der Waals surface area (Å²) in [7, 11) is 0. The van der Waals surface area contributed by atoms with Crippen molar-refractivity contribution in [3.63, 3.8) is 0 Å². The molecular weight excluding hydrogens is 184 g/mol. The summed E-state index contributed by atoms with van der Waals surface area (Å²) in [4.78, 5) is 22.4. The van der Waals surface area contributed by atoms with Gasteiger partial charge in [-0.1, -0.05) is 0 Å². The standard InChI is InChI=1S/C10H16O4/c1-10(2,3)14-8(11)6-7-4-5-13-9(7)12/h7H,4-6H2,1-3H3/t7-/m1/s1. The first-order valence-electron chi connectivity index (χ1n) is 4.77. The highest BCUT2D eigenvalue weighted by Gasteiger charge is 2.30. The molecule has 1 saturated heterocycles. The lowest BCUT2D eigenvalue weighted by Crippen LogP contribution is -2.26. The van der Waals surface area contributed by atoms with Gasteiger partial charge in [0.2, 0.25) is 0 Å². The van der Waals surface area contributed by atoms with Gasteiger partial charge in [-0.05, 0) is 27.2 Å². The van der Waals surface area contributed by atoms with E-state index in [1.165, 1.54) is 0 Å². The van der Waals surface area contributed by atoms with Gasteiger partial charge in [-0.2, -0.15) is 0 Å². The fourth-order valence-electron chi connectivity index (χ4n) is 1.31. The van der Waals surface area contributed by atoms with E-state index < -0.39 is 5.60 Å². The first-order valence-corrected chi connectivity index (χ1v) is 4.77. The number of cyclic esters (lactones) is 1. The van der Waals surface area contributed by atoms with E-state index in [9.17, 15) is 9.59 Å². The smallest absolute Gasteiger partial charge is 0.309 e. The zero-order valence-electron chi connectivity index (χ0n) is 8.83. The molecule has 1 rings (SSSR count). The van der Waals surface area contributed by atoms with Crippen LogP contribution in [0.15, 0.2) is 0 Å². The van der Waals surface area contributed by atoms with E-state index in [2.05, 4.69) is 0 Å². The van der Waals surface area contributed by atoms with Crippen LogP contribution in [0.1, 0.15) is 33.6 Å². The third kappa shape index (κ3) is 3.36. The molecule has 0 bridgehead atoms. The van der Waals surface area contributed by atoms with Crippen LogP contribution >= 0.6 is 0 Å². The Bertz CT molecular complexity index is 239. The second kappa shape index (κ2) is 3.98. The van der Waals surface area contributed by atoms with Crippen molar-refractivity contribution in [2.24, 2.45) is 5.92 Å². The summed E-state index contributed by atoms with van der Waals surface area (Å²) >= 11 is 0. The van der Waals surface area contributed by atoms with E-state index in [1.54, 1.807) is 20.8 Å². The van der Waals surface area contributed by atoms with Crippen LogP contribution in [-0.4, -0.2) is 24.1 Å². The summed E-state index contributed by atoms with van der Waals surface area (Å²) < 4.78 is 9.85. The van der Waals surface area contributed by atoms with Crippen molar-refractivity contribution in [3.05, 3.63) is 0 Å². The van der Waals surface area contributed by atoms with Crippen molar-refractivity contribution in [2.45, 2.75) is 39.2 Å². The average molecular weight is 200 g/mol. The Labute approximate surface area is 83.6 Å². The topological polar surface area (TPSA) is 52.6 Å². The van der Waals surface area contributed by atoms with Gasteiger partial charge in [0, 0.05) is 0 Å². The molecule has 14 heavy (non-hydrogen) atoms. The maximum Gasteiger partial charge on any atom is 0.309 e. The Morgan fingerprint density at radius 1 is 1.57 bits per heavy atom. The third-order valence-corrected chi connectivity index (χ3v) is 1.88. The molecule has 0 N–H and O–H groups in total. The molecule has 4 heteroatoms. The normalized spacial score (nSPS) is 21.9. The molecule has 0 aromatic carbocycles. The Morgan fingerprint density at radius 3 is 2.64 bits per heavy atom. The van der Waals surface area contributed by atoms with Crippen molar-refractivity contribution < 1.29 is 19.1 Å². The number of esters is 2. The van der Waals surface area contributed by atoms with Crippen LogP contribution in [0.4, 0.5) is 0 Å². The fraction of sp³-hybridized carbons (Fsp3) is 0.800. The molecule has 0 aliphatic carbocycles. The number of hydrogen-bond donors (Lipinski definition) is 0. The number of carbonyl (C=O) groups is 2. The number of ether oxygens (including phenoxy) is 2. The van der Waals surface area contributed by atoms with Gasteiger partial charge in [0.1, 0.15) is 5.60 Å². The Balaban J connectivity index is 2.37. The maximum absolute atomic E-state index is 11.3. The maximum atomic E-state index is 11.3. The molecule has 4 nitrogen and oxygen atoms in total. The predicted molar refractivity (Wildman–Crippen MR) is 49.5 cm³/mol. The van der Waals surface area contributed by atoms with Crippen LogP contribution in [0.5, 0.6) is 0 Å². The fourth-order valence-corrected chi connectivity index (χ4v) is 1.31. The van der Waals surface area contributed by atoms with E-state index in [4.69, 9.17) is 9.47 Å². The largest absolute Gasteiger partial charge is 0.465 e. The van der Waals surface area contributed by atoms with Crippen LogP contribution in [0.25, 0.3) is 0 Å². The summed E-state index contributed by atoms with van der Waals surface area (Å²) in [5, 5.41) is 0. The quantitative estimate of drug-likeness (QED) is 0.630. The van der Waals surface area contributed by atoms with Gasteiger partial charge in [0.25, 0.3) is 0 Å². The molecule has 0 aromatic heterocycles. The molecule has 1 atom stereocenters. The molecule has 0 unspecified atom stereocenters. The van der Waals surface area contributed by atoms with Crippen LogP contribution < -0.4 is 0 Å². The number of rotatable bonds is 2. The lowest BCUT2D eigenvalue weighted by Gasteiger charge is -2.19. The zero-order chi connectivity index (χ0) is 10.8. The van der Waals surface area contributed by atoms with Gasteiger partial charge in [0.05, 0.1) is 18.9 Å². The molecule has 1 fully saturated rings. The van der Waals surface area contributed by atoms with E-state index in [0.717, 1.165) is 0 Å². The second-order valence-corrected chi connectivity index (χ2v) is 4.44. The molecule has 0 spiro atoms. The minimum atomic E-state index is -0.487. The molecule has 0 amide bonds. The van der Waals surface area contributed by atoms with Gasteiger partial charge in [0.15, 0.2) is 0 Å². The lowest BCUT2D eigenvalue weighted by molar-refractivity contribution is -0.158. The summed E-state index contributed by atoms with van der Waals surface area (Å²) in [5.74, 6) is -0.915. The molecule has 1 aliphatic heterocycles. The van der Waals surface area contributed by atoms with Crippen LogP contribution in [0.3, 0.4) is 0 Å². The van der Waals surface area contributed by atoms with Crippen molar-refractivity contribution in [1.29, 1.82) is 0 Å². The van der Waals surface area contributed by atoms with Crippen molar-refractivity contribution in [2.75, 3.05) is 6.61 Å². The second-order valence-electron chi connectivity index (χ2n) is 4.44. The molecule has 0 radical (unpaired) electrons. The molecule has 0 aromatic rings. The van der Waals surface area contributed by atoms with E-state index >= 15 is 0 Å². The van der Waals surface area contributed by atoms with Crippen molar-refractivity contribution >= 4 is 11.9 Å². The minimum Gasteiger partial charge on any atom is -0.465 e. The highest BCUT2D eigenvalue weighted by molar-refractivity contribution is 5.81. The van der Waals surface area contributed by atoms with Crippen LogP contribution in [-0.2, 0) is 19.1 Å². The van der Waals surface area contributed by atoms with E-state index in [1.807, 2.05) is 0 Å². The van der Waals surface area contributed by atoms with Gasteiger partial charge in [-0.25, -0.2) is 0 Å². The average Bonchev–Trinajstić information content (AvgIpc) is 2.32. The number of carbonyl (C=O) groups excluding carboxylic acids is 2. The monoisotopic (exact) mass is 200 g/mol. The first kappa shape index (κ1) is 11.0. The number of hydrogen-bond acceptors (Lipinski definition) is 4. The van der Waals surface area contributed by atoms with Gasteiger partial charge >= 0.3 is 11.9 Å². The third-order valence-electron chi connectivity index (χ3n) is 1.88. The summed E-state index contributed by atoms with van der Waals surface area (Å²) in [5.41, 5.74) is -0.487. The predicted octanol–water partition coefficient (Wildman–Crippen LogP) is 1.28. The summed E-state index contributed by atoms with van der Waals surface area (Å²) in [6, 6.07) is 0. The molecule has 1 heterocycles. The van der Waals surface area contributed by atoms with Crippen molar-refractivity contribution in [1.82, 2.24) is 0 Å². The van der Waals surface area contributed by atoms with Crippen LogP contribution in [0, 0.1) is 5.92 Å². The summed E-state index contributed by atoms with van der Waals surface area (Å²) in [6.45, 7) is 5.83. The van der Waals surface area contributed by atoms with E-state index in [0.29, 0.717) is 13.0 Å². The molecule has 1 aliphatic rings. The summed E-state index contributed by atoms with van der Waals surface area (Å²) in [6.07, 6.45) is 0.758. The van der Waals surface area contributed by atoms with Gasteiger partial charge < -0.3 is 9.47 Å². The van der Waals surface area contributed by atoms with Gasteiger partial charge in [-0.15, -0.1) is 0 Å². The minimum absolute atomic E-state index is 0.135. The Hall–Kier alpha value is -1.06. The Morgan fingerprint density at radius 2 is 2.21 bits per heavy atom. The lowest BCUT2D eigenvalue weighted by atomic mass is 10.0. The highest BCUT2D eigenvalue weighted by atomic mass is 16.6. The zero-order valence-corrected chi connectivity index (χ0v) is 8.83. The molecule has 80 valence electrons. The molecule has 0 saturated carbocycles. The SMILES string of the molecule is CC(C)(C)OC(=O)C[C@H]1CCOC1=O. The highest BCUT2D eigenvalue weighted by Crippen LogP contribution is 2.20. The van der Waals surface area contributed by atoms with E-state index in [-0.39, 0.29) is 24.3 Å². The van der Waals surface area contributed by atoms with Crippen molar-refractivity contribution in [3.8, 4) is 0 Å².